The van der Waals surface area contributed by atoms with Gasteiger partial charge in [-0.15, -0.1) is 0 Å². The van der Waals surface area contributed by atoms with E-state index in [4.69, 9.17) is 9.47 Å². The molecule has 4 rings (SSSR count). The Morgan fingerprint density at radius 2 is 1.91 bits per heavy atom. The first-order valence-electron chi connectivity index (χ1n) is 11.7. The van der Waals surface area contributed by atoms with E-state index in [1.54, 1.807) is 7.11 Å². The van der Waals surface area contributed by atoms with E-state index < -0.39 is 10.8 Å². The summed E-state index contributed by atoms with van der Waals surface area (Å²) in [7, 11) is 1.63. The summed E-state index contributed by atoms with van der Waals surface area (Å²) in [6.07, 6.45) is 2.44. The molecule has 1 fully saturated rings. The van der Waals surface area contributed by atoms with Gasteiger partial charge >= 0.3 is 0 Å². The molecular weight excluding hydrogens is 416 g/mol. The topological polar surface area (TPSA) is 67.9 Å². The number of amides is 2. The minimum absolute atomic E-state index is 0.0399. The number of methoxy groups -OCH3 is 1. The molecule has 1 N–H and O–H groups in total. The van der Waals surface area contributed by atoms with Crippen molar-refractivity contribution >= 4 is 23.2 Å². The van der Waals surface area contributed by atoms with Gasteiger partial charge in [0, 0.05) is 17.8 Å². The number of hydrogen-bond acceptors (Lipinski definition) is 4. The Bertz CT molecular complexity index is 1060. The zero-order valence-electron chi connectivity index (χ0n) is 20.2. The Morgan fingerprint density at radius 1 is 1.18 bits per heavy atom. The Morgan fingerprint density at radius 3 is 2.58 bits per heavy atom. The summed E-state index contributed by atoms with van der Waals surface area (Å²) in [5.41, 5.74) is 1.09. The number of nitrogens with zero attached hydrogens (tertiary/aromatic N) is 1. The van der Waals surface area contributed by atoms with Gasteiger partial charge in [-0.3, -0.25) is 9.59 Å². The highest BCUT2D eigenvalue weighted by atomic mass is 16.5. The minimum atomic E-state index is -0.624. The van der Waals surface area contributed by atoms with Crippen LogP contribution in [0, 0.1) is 11.3 Å². The molecule has 33 heavy (non-hydrogen) atoms. The van der Waals surface area contributed by atoms with Gasteiger partial charge in [0.05, 0.1) is 23.6 Å². The van der Waals surface area contributed by atoms with Crippen LogP contribution in [0.1, 0.15) is 52.5 Å². The molecule has 0 bridgehead atoms. The molecule has 1 saturated carbocycles. The molecule has 1 aliphatic carbocycles. The van der Waals surface area contributed by atoms with Crippen molar-refractivity contribution in [3.8, 4) is 11.5 Å². The Kier molecular flexibility index (Phi) is 6.12. The molecule has 2 aromatic carbocycles. The van der Waals surface area contributed by atoms with Gasteiger partial charge in [-0.2, -0.15) is 0 Å². The van der Waals surface area contributed by atoms with Gasteiger partial charge in [-0.25, -0.2) is 0 Å². The van der Waals surface area contributed by atoms with Crippen LogP contribution in [0.25, 0.3) is 0 Å². The molecule has 0 radical (unpaired) electrons. The number of para-hydroxylation sites is 1. The molecule has 0 spiro atoms. The highest BCUT2D eigenvalue weighted by Crippen LogP contribution is 2.52. The van der Waals surface area contributed by atoms with Crippen LogP contribution in [-0.2, 0) is 15.0 Å². The number of hydrogen-bond donors (Lipinski definition) is 1. The van der Waals surface area contributed by atoms with Gasteiger partial charge in [-0.1, -0.05) is 32.0 Å². The number of nitrogens with one attached hydrogen (secondary N) is 1. The van der Waals surface area contributed by atoms with Gasteiger partial charge in [0.25, 0.3) is 0 Å². The molecule has 1 aliphatic heterocycles. The monoisotopic (exact) mass is 450 g/mol. The van der Waals surface area contributed by atoms with E-state index in [0.717, 1.165) is 30.6 Å². The Hall–Kier alpha value is -3.02. The fraction of sp³-hybridized carbons (Fsp3) is 0.481. The van der Waals surface area contributed by atoms with Crippen LogP contribution in [-0.4, -0.2) is 32.1 Å². The average Bonchev–Trinajstić information content (AvgIpc) is 3.60. The van der Waals surface area contributed by atoms with Crippen LogP contribution < -0.4 is 19.7 Å². The number of anilines is 2. The largest absolute Gasteiger partial charge is 0.496 e. The van der Waals surface area contributed by atoms with Crippen LogP contribution in [0.5, 0.6) is 11.5 Å². The van der Waals surface area contributed by atoms with Gasteiger partial charge in [-0.05, 0) is 63.3 Å². The molecular formula is C27H34N2O4. The maximum absolute atomic E-state index is 13.4. The molecule has 2 amide bonds. The molecule has 0 unspecified atom stereocenters. The average molecular weight is 451 g/mol. The van der Waals surface area contributed by atoms with Crippen molar-refractivity contribution in [2.24, 2.45) is 11.3 Å². The highest BCUT2D eigenvalue weighted by Gasteiger charge is 2.53. The molecule has 176 valence electrons. The number of benzene rings is 2. The summed E-state index contributed by atoms with van der Waals surface area (Å²) < 4.78 is 11.5. The Balaban J connectivity index is 1.63. The predicted octanol–water partition coefficient (Wildman–Crippen LogP) is 5.16. The fourth-order valence-corrected chi connectivity index (χ4v) is 4.37. The van der Waals surface area contributed by atoms with Crippen LogP contribution >= 0.6 is 0 Å². The van der Waals surface area contributed by atoms with Crippen molar-refractivity contribution in [2.45, 2.75) is 52.4 Å². The molecule has 0 aromatic heterocycles. The highest BCUT2D eigenvalue weighted by molar-refractivity contribution is 6.04. The van der Waals surface area contributed by atoms with E-state index in [1.165, 1.54) is 0 Å². The molecule has 0 saturated heterocycles. The summed E-state index contributed by atoms with van der Waals surface area (Å²) in [6, 6.07) is 13.3. The lowest BCUT2D eigenvalue weighted by atomic mass is 9.92. The summed E-state index contributed by atoms with van der Waals surface area (Å²) in [5, 5.41) is 3.10. The van der Waals surface area contributed by atoms with E-state index in [2.05, 4.69) is 19.2 Å². The maximum atomic E-state index is 13.4. The van der Waals surface area contributed by atoms with Crippen molar-refractivity contribution in [2.75, 3.05) is 30.5 Å². The molecule has 1 heterocycles. The third-order valence-corrected chi connectivity index (χ3v) is 6.66. The molecule has 6 heteroatoms. The van der Waals surface area contributed by atoms with E-state index in [-0.39, 0.29) is 11.8 Å². The molecule has 2 aliphatic rings. The van der Waals surface area contributed by atoms with E-state index in [9.17, 15) is 9.59 Å². The first kappa shape index (κ1) is 23.1. The first-order valence-corrected chi connectivity index (χ1v) is 11.7. The third-order valence-electron chi connectivity index (χ3n) is 6.66. The van der Waals surface area contributed by atoms with Crippen LogP contribution in [0.4, 0.5) is 11.4 Å². The second-order valence-electron chi connectivity index (χ2n) is 10.2. The number of ether oxygens (including phenoxy) is 2. The minimum Gasteiger partial charge on any atom is -0.496 e. The summed E-state index contributed by atoms with van der Waals surface area (Å²) in [6.45, 7) is 9.05. The molecule has 6 nitrogen and oxygen atoms in total. The van der Waals surface area contributed by atoms with Crippen LogP contribution in [0.15, 0.2) is 42.5 Å². The third kappa shape index (κ3) is 4.43. The van der Waals surface area contributed by atoms with E-state index in [0.29, 0.717) is 36.2 Å². The fourth-order valence-electron chi connectivity index (χ4n) is 4.37. The van der Waals surface area contributed by atoms with E-state index in [1.807, 2.05) is 61.2 Å². The summed E-state index contributed by atoms with van der Waals surface area (Å²) in [5.74, 6) is 1.85. The Labute approximate surface area is 196 Å². The smallest absolute Gasteiger partial charge is 0.236 e. The zero-order chi connectivity index (χ0) is 23.8. The second kappa shape index (κ2) is 8.73. The lowest BCUT2D eigenvalue weighted by Crippen LogP contribution is -2.42. The summed E-state index contributed by atoms with van der Waals surface area (Å²) >= 11 is 0. The molecule has 2 aromatic rings. The first-order chi connectivity index (χ1) is 15.7. The van der Waals surface area contributed by atoms with Crippen LogP contribution in [0.2, 0.25) is 0 Å². The van der Waals surface area contributed by atoms with Crippen molar-refractivity contribution < 1.29 is 19.1 Å². The number of carbonyl (C=O) groups is 2. The number of carbonyl (C=O) groups excluding carboxylic acids is 2. The lowest BCUT2D eigenvalue weighted by molar-refractivity contribution is -0.127. The molecule has 0 atom stereocenters. The zero-order valence-corrected chi connectivity index (χ0v) is 20.2. The van der Waals surface area contributed by atoms with Gasteiger partial charge in [0.15, 0.2) is 0 Å². The maximum Gasteiger partial charge on any atom is 0.236 e. The number of rotatable bonds is 7. The van der Waals surface area contributed by atoms with Crippen molar-refractivity contribution in [3.05, 3.63) is 48.0 Å². The van der Waals surface area contributed by atoms with E-state index >= 15 is 0 Å². The van der Waals surface area contributed by atoms with Crippen molar-refractivity contribution in [3.63, 3.8) is 0 Å². The lowest BCUT2D eigenvalue weighted by Gasteiger charge is -2.29. The van der Waals surface area contributed by atoms with Crippen molar-refractivity contribution in [1.82, 2.24) is 0 Å². The standard InChI is InChI=1S/C27H34N2O4/c1-18(2)12-15-29-21-16-19(10-11-23(21)33-17-26(3,4)25(29)31)28-24(30)27(13-14-27)20-8-6-7-9-22(20)32-5/h6-11,16,18H,12-15,17H2,1-5H3,(H,28,30). The predicted molar refractivity (Wildman–Crippen MR) is 130 cm³/mol. The van der Waals surface area contributed by atoms with Gasteiger partial charge in [0.1, 0.15) is 18.1 Å². The van der Waals surface area contributed by atoms with Crippen molar-refractivity contribution in [1.29, 1.82) is 0 Å². The summed E-state index contributed by atoms with van der Waals surface area (Å²) in [4.78, 5) is 28.6. The normalized spacial score (nSPS) is 18.2. The van der Waals surface area contributed by atoms with Crippen LogP contribution in [0.3, 0.4) is 0 Å². The quantitative estimate of drug-likeness (QED) is 0.632. The van der Waals surface area contributed by atoms with Gasteiger partial charge < -0.3 is 19.7 Å². The second-order valence-corrected chi connectivity index (χ2v) is 10.2. The van der Waals surface area contributed by atoms with Gasteiger partial charge in [0.2, 0.25) is 11.8 Å². The SMILES string of the molecule is COc1ccccc1C1(C(=O)Nc2ccc3c(c2)N(CCC(C)C)C(=O)C(C)(C)CO3)CC1. The number of fused-ring (bicyclic) bond motifs is 1.